The smallest absolute Gasteiger partial charge is 0.295 e. The van der Waals surface area contributed by atoms with Crippen molar-refractivity contribution in [3.05, 3.63) is 58.1 Å². The summed E-state index contributed by atoms with van der Waals surface area (Å²) in [6, 6.07) is 9.25. The molecule has 8 nitrogen and oxygen atoms in total. The van der Waals surface area contributed by atoms with Gasteiger partial charge in [-0.25, -0.2) is 0 Å². The summed E-state index contributed by atoms with van der Waals surface area (Å²) in [6.45, 7) is 1.05. The predicted molar refractivity (Wildman–Crippen MR) is 130 cm³/mol. The van der Waals surface area contributed by atoms with Crippen LogP contribution in [0.2, 0.25) is 5.02 Å². The van der Waals surface area contributed by atoms with Crippen LogP contribution in [-0.4, -0.2) is 75.1 Å². The Morgan fingerprint density at radius 1 is 1.03 bits per heavy atom. The van der Waals surface area contributed by atoms with Gasteiger partial charge in [-0.1, -0.05) is 29.8 Å². The number of benzene rings is 2. The first-order valence-corrected chi connectivity index (χ1v) is 11.1. The Kier molecular flexibility index (Phi) is 8.06. The fourth-order valence-electron chi connectivity index (χ4n) is 4.07. The van der Waals surface area contributed by atoms with E-state index in [4.69, 9.17) is 25.8 Å². The average molecular weight is 489 g/mol. The van der Waals surface area contributed by atoms with Gasteiger partial charge in [0.2, 0.25) is 0 Å². The number of halogens is 1. The maximum Gasteiger partial charge on any atom is 0.295 e. The molecule has 182 valence electrons. The summed E-state index contributed by atoms with van der Waals surface area (Å²) in [5.74, 6) is -0.820. The summed E-state index contributed by atoms with van der Waals surface area (Å²) in [6.07, 6.45) is 0.643. The fraction of sp³-hybridized carbons (Fsp3) is 0.360. The number of ketones is 1. The zero-order chi connectivity index (χ0) is 25.0. The van der Waals surface area contributed by atoms with E-state index >= 15 is 0 Å². The van der Waals surface area contributed by atoms with Gasteiger partial charge in [0, 0.05) is 18.2 Å². The van der Waals surface area contributed by atoms with E-state index in [0.717, 1.165) is 6.54 Å². The lowest BCUT2D eigenvalue weighted by Crippen LogP contribution is -2.32. The van der Waals surface area contributed by atoms with Gasteiger partial charge in [-0.2, -0.15) is 0 Å². The van der Waals surface area contributed by atoms with Crippen LogP contribution in [0.4, 0.5) is 0 Å². The van der Waals surface area contributed by atoms with Crippen molar-refractivity contribution in [3.63, 3.8) is 0 Å². The van der Waals surface area contributed by atoms with E-state index in [1.165, 1.54) is 38.4 Å². The Labute approximate surface area is 204 Å². The van der Waals surface area contributed by atoms with E-state index in [2.05, 4.69) is 0 Å². The maximum atomic E-state index is 13.3. The van der Waals surface area contributed by atoms with E-state index in [1.807, 2.05) is 19.0 Å². The van der Waals surface area contributed by atoms with Crippen LogP contribution in [0.1, 0.15) is 23.6 Å². The van der Waals surface area contributed by atoms with Crippen molar-refractivity contribution < 1.29 is 28.9 Å². The average Bonchev–Trinajstić information content (AvgIpc) is 3.07. The lowest BCUT2D eigenvalue weighted by molar-refractivity contribution is -0.140. The quantitative estimate of drug-likeness (QED) is 0.327. The first kappa shape index (κ1) is 25.4. The predicted octanol–water partition coefficient (Wildman–Crippen LogP) is 3.74. The van der Waals surface area contributed by atoms with Crippen molar-refractivity contribution in [1.82, 2.24) is 9.80 Å². The highest BCUT2D eigenvalue weighted by atomic mass is 35.5. The van der Waals surface area contributed by atoms with Crippen LogP contribution in [0.15, 0.2) is 42.0 Å². The third-order valence-corrected chi connectivity index (χ3v) is 6.00. The minimum atomic E-state index is -0.843. The Balaban J connectivity index is 2.24. The van der Waals surface area contributed by atoms with Crippen LogP contribution in [0.3, 0.4) is 0 Å². The third-order valence-electron chi connectivity index (χ3n) is 5.71. The molecule has 1 atom stereocenters. The molecule has 0 aliphatic carbocycles. The van der Waals surface area contributed by atoms with Crippen molar-refractivity contribution in [2.45, 2.75) is 12.5 Å². The number of aliphatic hydroxyl groups is 1. The van der Waals surface area contributed by atoms with Gasteiger partial charge in [-0.05, 0) is 39.2 Å². The molecule has 0 radical (unpaired) electrons. The maximum absolute atomic E-state index is 13.3. The molecule has 2 aromatic rings. The number of nitrogens with zero attached hydrogens (tertiary/aromatic N) is 2. The number of carbonyl (C=O) groups excluding carboxylic acids is 2. The minimum absolute atomic E-state index is 0.0537. The molecule has 3 rings (SSSR count). The molecule has 1 amide bonds. The van der Waals surface area contributed by atoms with Crippen molar-refractivity contribution in [1.29, 1.82) is 0 Å². The van der Waals surface area contributed by atoms with Gasteiger partial charge in [-0.15, -0.1) is 0 Å². The molecule has 0 aromatic heterocycles. The Hall–Kier alpha value is -3.23. The van der Waals surface area contributed by atoms with Gasteiger partial charge < -0.3 is 29.1 Å². The molecular weight excluding hydrogens is 460 g/mol. The summed E-state index contributed by atoms with van der Waals surface area (Å²) < 4.78 is 16.2. The number of amides is 1. The lowest BCUT2D eigenvalue weighted by Gasteiger charge is -2.27. The number of Topliss-reactive ketones (excluding diaryl/α,β-unsaturated/α-hetero) is 1. The Morgan fingerprint density at radius 3 is 2.29 bits per heavy atom. The molecule has 34 heavy (non-hydrogen) atoms. The Bertz CT molecular complexity index is 1110. The minimum Gasteiger partial charge on any atom is -0.507 e. The molecule has 0 bridgehead atoms. The molecule has 0 spiro atoms. The first-order chi connectivity index (χ1) is 16.2. The monoisotopic (exact) mass is 488 g/mol. The number of hydrogen-bond acceptors (Lipinski definition) is 7. The SMILES string of the molecule is COc1cc(/C(O)=C2\C(=O)C(=O)N(CCCN(C)C)C2c2ccccc2OC)c(OC)cc1Cl. The van der Waals surface area contributed by atoms with Gasteiger partial charge in [0.15, 0.2) is 0 Å². The van der Waals surface area contributed by atoms with Gasteiger partial charge in [0.25, 0.3) is 11.7 Å². The number of likely N-dealkylation sites (tertiary alicyclic amines) is 1. The molecular formula is C25H29ClN2O6. The zero-order valence-corrected chi connectivity index (χ0v) is 20.7. The molecule has 1 aliphatic heterocycles. The largest absolute Gasteiger partial charge is 0.507 e. The lowest BCUT2D eigenvalue weighted by atomic mass is 9.94. The van der Waals surface area contributed by atoms with Crippen molar-refractivity contribution in [2.24, 2.45) is 0 Å². The van der Waals surface area contributed by atoms with Gasteiger partial charge >= 0.3 is 0 Å². The van der Waals surface area contributed by atoms with Crippen molar-refractivity contribution in [2.75, 3.05) is 48.5 Å². The van der Waals surface area contributed by atoms with Crippen molar-refractivity contribution >= 4 is 29.1 Å². The normalized spacial score (nSPS) is 17.4. The van der Waals surface area contributed by atoms with E-state index in [9.17, 15) is 14.7 Å². The van der Waals surface area contributed by atoms with Crippen LogP contribution in [-0.2, 0) is 9.59 Å². The molecule has 1 heterocycles. The van der Waals surface area contributed by atoms with Crippen LogP contribution in [0.5, 0.6) is 17.2 Å². The standard InChI is InChI=1S/C25H29ClN2O6/c1-27(2)11-8-12-28-22(15-9-6-7-10-18(15)32-3)21(24(30)25(28)31)23(29)16-13-20(34-5)17(26)14-19(16)33-4/h6-7,9-10,13-14,22,29H,8,11-12H2,1-5H3/b23-21+. The van der Waals surface area contributed by atoms with E-state index < -0.39 is 17.7 Å². The van der Waals surface area contributed by atoms with Gasteiger partial charge in [-0.3, -0.25) is 9.59 Å². The van der Waals surface area contributed by atoms with E-state index in [-0.39, 0.29) is 33.4 Å². The molecule has 1 unspecified atom stereocenters. The highest BCUT2D eigenvalue weighted by Crippen LogP contribution is 2.45. The summed E-state index contributed by atoms with van der Waals surface area (Å²) in [5.41, 5.74) is 0.729. The molecule has 1 aliphatic rings. The summed E-state index contributed by atoms with van der Waals surface area (Å²) >= 11 is 6.21. The van der Waals surface area contributed by atoms with Gasteiger partial charge in [0.1, 0.15) is 23.0 Å². The fourth-order valence-corrected chi connectivity index (χ4v) is 4.30. The second kappa shape index (κ2) is 10.8. The molecule has 9 heteroatoms. The second-order valence-corrected chi connectivity index (χ2v) is 8.49. The summed E-state index contributed by atoms with van der Waals surface area (Å²) in [4.78, 5) is 29.9. The highest BCUT2D eigenvalue weighted by molar-refractivity contribution is 6.46. The number of carbonyl (C=O) groups is 2. The number of rotatable bonds is 9. The Morgan fingerprint density at radius 2 is 1.68 bits per heavy atom. The van der Waals surface area contributed by atoms with Crippen molar-refractivity contribution in [3.8, 4) is 17.2 Å². The number of ether oxygens (including phenoxy) is 3. The number of para-hydroxylation sites is 1. The van der Waals surface area contributed by atoms with Crippen LogP contribution in [0, 0.1) is 0 Å². The third kappa shape index (κ3) is 4.83. The highest BCUT2D eigenvalue weighted by Gasteiger charge is 2.47. The van der Waals surface area contributed by atoms with Gasteiger partial charge in [0.05, 0.1) is 43.5 Å². The molecule has 1 fully saturated rings. The molecule has 1 saturated heterocycles. The van der Waals surface area contributed by atoms with Crippen LogP contribution in [0.25, 0.3) is 5.76 Å². The molecule has 2 aromatic carbocycles. The number of methoxy groups -OCH3 is 3. The summed E-state index contributed by atoms with van der Waals surface area (Å²) in [5, 5.41) is 11.7. The second-order valence-electron chi connectivity index (χ2n) is 8.08. The van der Waals surface area contributed by atoms with Crippen LogP contribution >= 0.6 is 11.6 Å². The van der Waals surface area contributed by atoms with E-state index in [1.54, 1.807) is 24.3 Å². The number of aliphatic hydroxyl groups excluding tert-OH is 1. The van der Waals surface area contributed by atoms with E-state index in [0.29, 0.717) is 24.3 Å². The molecule has 1 N–H and O–H groups in total. The summed E-state index contributed by atoms with van der Waals surface area (Å²) in [7, 11) is 8.25. The first-order valence-electron chi connectivity index (χ1n) is 10.7. The van der Waals surface area contributed by atoms with Crippen LogP contribution < -0.4 is 14.2 Å². The topological polar surface area (TPSA) is 88.5 Å². The molecule has 0 saturated carbocycles. The number of hydrogen-bond donors (Lipinski definition) is 1. The zero-order valence-electron chi connectivity index (χ0n) is 19.9.